The van der Waals surface area contributed by atoms with Gasteiger partial charge in [0.05, 0.1) is 48.1 Å². The molecule has 1 aromatic rings. The molecule has 0 amide bonds. The van der Waals surface area contributed by atoms with Crippen molar-refractivity contribution in [2.75, 3.05) is 21.3 Å². The van der Waals surface area contributed by atoms with Crippen LogP contribution < -0.4 is 0 Å². The number of ketones is 1. The van der Waals surface area contributed by atoms with E-state index in [0.29, 0.717) is 31.2 Å². The molecule has 13 unspecified atom stereocenters. The van der Waals surface area contributed by atoms with Gasteiger partial charge in [-0.1, -0.05) is 45.9 Å². The van der Waals surface area contributed by atoms with E-state index in [1.165, 1.54) is 14.0 Å². The number of hydrogen-bond acceptors (Lipinski definition) is 17. The molecule has 3 aliphatic heterocycles. The third kappa shape index (κ3) is 10.3. The van der Waals surface area contributed by atoms with Crippen LogP contribution in [0.25, 0.3) is 0 Å². The Labute approximate surface area is 419 Å². The summed E-state index contributed by atoms with van der Waals surface area (Å²) in [5, 5.41) is 35.0. The van der Waals surface area contributed by atoms with E-state index in [2.05, 4.69) is 6.92 Å². The standard InChI is InChI=1S/C54H82O17/c1-27(2)23-39(56)68-47-42(28(3)55)53(8)22-20-35-36(54(53,60)49(47)71-50(59)32-15-13-12-14-16-32)18-17-33-24-34(19-21-52(33,35)7)67-40-25-37(61-9)45(30(5)64-40)69-41-26-38(62-10)46(31(6)65-41)70-51-44(58)48(63-11)43(57)29(4)66-51/h12-16,27,29-31,33-38,40-49,51,57-58,60H,17-26H2,1-11H3/t29?,30?,31?,33-,34-,35-,36+,37?,38?,40?,41?,42-,43?,44?,45?,46?,47-,48?,49+,51?,52-,53+,54+/m0/s1. The van der Waals surface area contributed by atoms with Crippen LogP contribution in [0.4, 0.5) is 0 Å². The monoisotopic (exact) mass is 1000 g/mol. The predicted molar refractivity (Wildman–Crippen MR) is 254 cm³/mol. The number of aliphatic hydroxyl groups excluding tert-OH is 2. The molecule has 3 N–H and O–H groups in total. The molecule has 1 aromatic carbocycles. The summed E-state index contributed by atoms with van der Waals surface area (Å²) in [6.07, 6.45) is -5.34. The van der Waals surface area contributed by atoms with Gasteiger partial charge < -0.3 is 67.4 Å². The van der Waals surface area contributed by atoms with Crippen molar-refractivity contribution in [1.29, 1.82) is 0 Å². The number of carbonyl (C=O) groups excluding carboxylic acids is 3. The van der Waals surface area contributed by atoms with Crippen molar-refractivity contribution in [1.82, 2.24) is 0 Å². The second kappa shape index (κ2) is 21.9. The van der Waals surface area contributed by atoms with E-state index in [-0.39, 0.29) is 53.5 Å². The van der Waals surface area contributed by atoms with Crippen LogP contribution in [0.1, 0.15) is 130 Å². The van der Waals surface area contributed by atoms with Gasteiger partial charge in [-0.3, -0.25) is 9.59 Å². The van der Waals surface area contributed by atoms with Crippen LogP contribution in [0, 0.1) is 40.4 Å². The summed E-state index contributed by atoms with van der Waals surface area (Å²) in [5.41, 5.74) is -2.53. The van der Waals surface area contributed by atoms with Crippen LogP contribution in [-0.4, -0.2) is 158 Å². The van der Waals surface area contributed by atoms with Crippen molar-refractivity contribution in [2.45, 2.75) is 223 Å². The van der Waals surface area contributed by atoms with Gasteiger partial charge in [0.2, 0.25) is 0 Å². The molecule has 23 atom stereocenters. The minimum Gasteiger partial charge on any atom is -0.457 e. The number of aliphatic hydroxyl groups is 3. The van der Waals surface area contributed by atoms with Crippen LogP contribution in [-0.2, 0) is 61.7 Å². The number of Topliss-reactive ketones (excluding diaryl/α,β-unsaturated/α-hetero) is 1. The number of carbonyl (C=O) groups is 3. The van der Waals surface area contributed by atoms with Crippen LogP contribution in [0.15, 0.2) is 30.3 Å². The van der Waals surface area contributed by atoms with Crippen molar-refractivity contribution >= 4 is 17.7 Å². The molecule has 71 heavy (non-hydrogen) atoms. The molecule has 4 aliphatic carbocycles. The van der Waals surface area contributed by atoms with Crippen molar-refractivity contribution in [3.63, 3.8) is 0 Å². The second-order valence-electron chi connectivity index (χ2n) is 22.8. The Kier molecular flexibility index (Phi) is 16.8. The Morgan fingerprint density at radius 3 is 1.94 bits per heavy atom. The molecule has 8 rings (SSSR count). The molecule has 0 radical (unpaired) electrons. The van der Waals surface area contributed by atoms with E-state index >= 15 is 0 Å². The first-order valence-electron chi connectivity index (χ1n) is 26.2. The number of benzene rings is 1. The molecule has 0 aromatic heterocycles. The highest BCUT2D eigenvalue weighted by Crippen LogP contribution is 2.70. The van der Waals surface area contributed by atoms with Crippen LogP contribution in [0.5, 0.6) is 0 Å². The normalized spacial score (nSPS) is 46.6. The van der Waals surface area contributed by atoms with Gasteiger partial charge in [-0.2, -0.15) is 0 Å². The molecule has 0 bridgehead atoms. The Morgan fingerprint density at radius 1 is 0.704 bits per heavy atom. The molecule has 0 spiro atoms. The molecule has 17 nitrogen and oxygen atoms in total. The van der Waals surface area contributed by atoms with Gasteiger partial charge in [0.15, 0.2) is 31.1 Å². The predicted octanol–water partition coefficient (Wildman–Crippen LogP) is 5.69. The molecule has 17 heteroatoms. The summed E-state index contributed by atoms with van der Waals surface area (Å²) in [7, 11) is 4.67. The van der Waals surface area contributed by atoms with Crippen molar-refractivity contribution in [3.05, 3.63) is 35.9 Å². The molecule has 7 fully saturated rings. The van der Waals surface area contributed by atoms with E-state index in [1.54, 1.807) is 45.4 Å². The van der Waals surface area contributed by atoms with Gasteiger partial charge in [0.25, 0.3) is 0 Å². The average Bonchev–Trinajstić information content (AvgIpc) is 3.51. The highest BCUT2D eigenvalue weighted by Gasteiger charge is 2.77. The molecule has 4 saturated carbocycles. The number of rotatable bonds is 15. The Hall–Kier alpha value is -2.65. The number of ether oxygens (including phenoxy) is 11. The Balaban J connectivity index is 0.917. The summed E-state index contributed by atoms with van der Waals surface area (Å²) in [4.78, 5) is 41.2. The number of esters is 2. The molecule has 7 aliphatic rings. The largest absolute Gasteiger partial charge is 0.457 e. The zero-order chi connectivity index (χ0) is 51.3. The SMILES string of the molecule is COC1CC(O[C@H]2CC[C@@]3(C)[C@@H](CC[C@@H]4[C@@H]3CC[C@]3(C)[C@@H](C(C)=O)[C@H](OC(=O)CC(C)C)[C@@H](OC(=O)c5ccccc5)[C@]43O)C2)OC(C)C1OC1CC(OC)C(OC2OC(C)C(O)C(OC)C2O)C(C)O1. The van der Waals surface area contributed by atoms with Gasteiger partial charge in [0.1, 0.15) is 41.9 Å². The summed E-state index contributed by atoms with van der Waals surface area (Å²) >= 11 is 0. The van der Waals surface area contributed by atoms with Gasteiger partial charge in [0, 0.05) is 46.0 Å². The van der Waals surface area contributed by atoms with Gasteiger partial charge >= 0.3 is 11.9 Å². The van der Waals surface area contributed by atoms with E-state index in [4.69, 9.17) is 52.1 Å². The maximum atomic E-state index is 13.9. The quantitative estimate of drug-likeness (QED) is 0.142. The lowest BCUT2D eigenvalue weighted by atomic mass is 9.43. The zero-order valence-corrected chi connectivity index (χ0v) is 43.6. The van der Waals surface area contributed by atoms with Gasteiger partial charge in [-0.25, -0.2) is 4.79 Å². The third-order valence-electron chi connectivity index (χ3n) is 18.2. The second-order valence-corrected chi connectivity index (χ2v) is 22.8. The summed E-state index contributed by atoms with van der Waals surface area (Å²) < 4.78 is 68.4. The lowest BCUT2D eigenvalue weighted by Gasteiger charge is -2.63. The molecular weight excluding hydrogens is 921 g/mol. The Bertz CT molecular complexity index is 1990. The third-order valence-corrected chi connectivity index (χ3v) is 18.2. The van der Waals surface area contributed by atoms with E-state index in [0.717, 1.165) is 32.1 Å². The van der Waals surface area contributed by atoms with Crippen molar-refractivity contribution in [3.8, 4) is 0 Å². The molecule has 3 heterocycles. The number of methoxy groups -OCH3 is 3. The first-order chi connectivity index (χ1) is 33.7. The van der Waals surface area contributed by atoms with E-state index in [9.17, 15) is 29.7 Å². The summed E-state index contributed by atoms with van der Waals surface area (Å²) in [6.45, 7) is 15.1. The number of hydrogen-bond donors (Lipinski definition) is 3. The fraction of sp³-hybridized carbons (Fsp3) is 0.833. The van der Waals surface area contributed by atoms with Gasteiger partial charge in [-0.15, -0.1) is 0 Å². The van der Waals surface area contributed by atoms with E-state index in [1.807, 2.05) is 40.7 Å². The molecule has 400 valence electrons. The van der Waals surface area contributed by atoms with E-state index < -0.39 is 115 Å². The fourth-order valence-corrected chi connectivity index (χ4v) is 14.6. The highest BCUT2D eigenvalue weighted by molar-refractivity contribution is 5.90. The van der Waals surface area contributed by atoms with Crippen LogP contribution in [0.2, 0.25) is 0 Å². The van der Waals surface area contributed by atoms with Crippen molar-refractivity contribution < 1.29 is 81.8 Å². The fourth-order valence-electron chi connectivity index (χ4n) is 14.6. The van der Waals surface area contributed by atoms with Gasteiger partial charge in [-0.05, 0) is 114 Å². The summed E-state index contributed by atoms with van der Waals surface area (Å²) in [6, 6.07) is 8.62. The lowest BCUT2D eigenvalue weighted by Crippen LogP contribution is -2.66. The minimum atomic E-state index is -1.65. The lowest BCUT2D eigenvalue weighted by molar-refractivity contribution is -0.352. The first kappa shape index (κ1) is 54.6. The molecule has 3 saturated heterocycles. The zero-order valence-electron chi connectivity index (χ0n) is 43.6. The maximum Gasteiger partial charge on any atom is 0.338 e. The first-order valence-corrected chi connectivity index (χ1v) is 26.2. The minimum absolute atomic E-state index is 0.00489. The smallest absolute Gasteiger partial charge is 0.338 e. The molecular formula is C54H82O17. The average molecular weight is 1000 g/mol. The van der Waals surface area contributed by atoms with Crippen molar-refractivity contribution in [2.24, 2.45) is 40.4 Å². The maximum absolute atomic E-state index is 13.9. The highest BCUT2D eigenvalue weighted by atomic mass is 16.8. The van der Waals surface area contributed by atoms with Crippen LogP contribution in [0.3, 0.4) is 0 Å². The van der Waals surface area contributed by atoms with Crippen LogP contribution >= 0.6 is 0 Å². The topological polar surface area (TPSA) is 213 Å². The summed E-state index contributed by atoms with van der Waals surface area (Å²) in [5.74, 6) is -2.15. The number of fused-ring (bicyclic) bond motifs is 5. The Morgan fingerprint density at radius 2 is 1.34 bits per heavy atom.